The number of amides is 5. The van der Waals surface area contributed by atoms with Crippen LogP contribution in [0.15, 0.2) is 250 Å². The molecule has 16 rings (SSSR count). The highest BCUT2D eigenvalue weighted by Gasteiger charge is 2.29. The van der Waals surface area contributed by atoms with Crippen LogP contribution in [-0.4, -0.2) is 221 Å². The fourth-order valence-corrected chi connectivity index (χ4v) is 14.6. The predicted octanol–water partition coefficient (Wildman–Crippen LogP) is 17.0. The number of allylic oxidation sites excluding steroid dienone is 1. The fraction of sp³-hybridized carbons (Fsp3) is 0.282. The van der Waals surface area contributed by atoms with Crippen molar-refractivity contribution in [3.05, 3.63) is 298 Å². The number of pyridine rings is 5. The molecule has 734 valence electrons. The van der Waals surface area contributed by atoms with E-state index < -0.39 is 29.8 Å². The number of piperazine rings is 4. The second-order valence-electron chi connectivity index (χ2n) is 33.4. The molecule has 0 bridgehead atoms. The third-order valence-electron chi connectivity index (χ3n) is 20.9. The summed E-state index contributed by atoms with van der Waals surface area (Å²) in [5, 5.41) is 50.8. The third kappa shape index (κ3) is 36.7. The molecule has 5 aromatic heterocycles. The summed E-state index contributed by atoms with van der Waals surface area (Å²) in [5.74, 6) is 6.38. The second-order valence-corrected chi connectivity index (χ2v) is 35.2. The van der Waals surface area contributed by atoms with E-state index in [0.29, 0.717) is 125 Å². The molecule has 141 heavy (non-hydrogen) atoms. The van der Waals surface area contributed by atoms with Crippen LogP contribution < -0.4 is 61.4 Å². The van der Waals surface area contributed by atoms with Crippen LogP contribution >= 0.6 is 58.0 Å². The van der Waals surface area contributed by atoms with Gasteiger partial charge in [0.2, 0.25) is 11.1 Å². The quantitative estimate of drug-likeness (QED) is 0.0213. The van der Waals surface area contributed by atoms with Crippen molar-refractivity contribution in [1.82, 2.24) is 50.3 Å². The number of carbonyl (C=O) groups is 6. The van der Waals surface area contributed by atoms with E-state index in [9.17, 15) is 28.8 Å². The van der Waals surface area contributed by atoms with Crippen LogP contribution in [0.25, 0.3) is 22.5 Å². The number of nitriles is 3. The first-order valence-electron chi connectivity index (χ1n) is 45.1. The van der Waals surface area contributed by atoms with E-state index in [1.165, 1.54) is 24.6 Å². The van der Waals surface area contributed by atoms with Crippen molar-refractivity contribution < 1.29 is 62.5 Å². The zero-order valence-electron chi connectivity index (χ0n) is 79.0. The first-order valence-corrected chi connectivity index (χ1v) is 46.9. The van der Waals surface area contributed by atoms with Crippen LogP contribution in [0, 0.1) is 34.0 Å². The highest BCUT2D eigenvalue weighted by Crippen LogP contribution is 2.33. The molecule has 0 unspecified atom stereocenters. The summed E-state index contributed by atoms with van der Waals surface area (Å²) in [4.78, 5) is 104. The number of anilines is 4. The topological polar surface area (TPSA) is 424 Å². The number of likely N-dealkylation sites (tertiary alicyclic amines) is 1. The van der Waals surface area contributed by atoms with E-state index in [4.69, 9.17) is 129 Å². The number of benzene rings is 6. The van der Waals surface area contributed by atoms with Crippen molar-refractivity contribution in [3.8, 4) is 75.2 Å². The van der Waals surface area contributed by atoms with Gasteiger partial charge in [-0.2, -0.15) is 15.8 Å². The van der Waals surface area contributed by atoms with Gasteiger partial charge in [0.1, 0.15) is 108 Å². The average molecular weight is 2010 g/mol. The Hall–Kier alpha value is -14.4. The molecule has 6 aromatic carbocycles. The van der Waals surface area contributed by atoms with Gasteiger partial charge >= 0.3 is 19.3 Å². The van der Waals surface area contributed by atoms with E-state index in [2.05, 4.69) is 53.4 Å². The van der Waals surface area contributed by atoms with Crippen molar-refractivity contribution in [2.24, 2.45) is 11.5 Å². The molecule has 11 aromatic rings. The van der Waals surface area contributed by atoms with Crippen molar-refractivity contribution in [1.29, 1.82) is 15.8 Å². The Bertz CT molecular complexity index is 6090. The number of ether oxygens (including phenoxy) is 5. The average Bonchev–Trinajstić information content (AvgIpc) is 0.792. The van der Waals surface area contributed by atoms with Crippen LogP contribution in [0.5, 0.6) is 34.5 Å². The van der Waals surface area contributed by atoms with Crippen molar-refractivity contribution in [2.75, 3.05) is 137 Å². The Morgan fingerprint density at radius 2 is 0.695 bits per heavy atom. The molecule has 0 atom stereocenters. The number of para-hydroxylation sites is 3. The lowest BCUT2D eigenvalue weighted by atomic mass is 9.80. The van der Waals surface area contributed by atoms with Crippen molar-refractivity contribution >= 4 is 129 Å². The molecular weight excluding hydrogens is 1900 g/mol. The van der Waals surface area contributed by atoms with Gasteiger partial charge in [0.25, 0.3) is 11.8 Å². The Morgan fingerprint density at radius 3 is 1.01 bits per heavy atom. The van der Waals surface area contributed by atoms with Gasteiger partial charge in [-0.05, 0) is 248 Å². The van der Waals surface area contributed by atoms with Gasteiger partial charge in [0.05, 0.1) is 39.2 Å². The number of rotatable bonds is 17. The highest BCUT2D eigenvalue weighted by atomic mass is 35.5. The molecule has 0 spiro atoms. The molecule has 5 saturated heterocycles. The van der Waals surface area contributed by atoms with Gasteiger partial charge in [-0.15, -0.1) is 0 Å². The number of primary amides is 2. The number of hydrogen-bond acceptors (Lipinski definition) is 27. The molecule has 0 radical (unpaired) electrons. The number of nitrogens with zero attached hydrogens (tertiary/aromatic N) is 15. The number of carbonyl (C=O) groups excluding carboxylic acids is 6. The normalized spacial score (nSPS) is 13.6. The standard InChI is InChI=1S/C25H24N4O3.C22H22N4O2.C15H19ClN4O2.C12H11BO3.C10H11ClN4.C10H19NO2.C6H2Cl2N2.C3H3ClO/c1-2-23(30)29-16-14-28(15-17-29)22-13-12-21(25(26)31)24(27-22)18-8-10-20(11-9-18)32-19-6-4-3-5-7-19;23-22(27)19-10-11-20(26-14-12-24-13-15-26)25-21(19)16-6-8-18(9-7-16)28-17-4-2-1-3-5-17;1-15(2,3)22-14(21)20-8-6-19(7-9-20)12-5-4-11(10-17)13(16)18-12;14-13(15)10-6-8-12(9-7-10)16-11-4-2-1-3-5-11;11-10-8(7-12)1-2-9(14-10)15-5-3-13-4-6-15;1-10(2,3)13-9(12)11-7-5-4-6-8-11;7-5-2-1-4(3-9)6(8)10-5;1-2-3(4)5/h2-13H,1,14-17H2,(H2,26,31);1-11,24H,12-15H2,(H2,23,27);4-5H,6-9H2,1-3H3;1-9,14-15H;1-2,13H,3-6H2;4-8H2,1-3H3;1-2H;2H,1H2. The second kappa shape index (κ2) is 56.0. The Balaban J connectivity index is 0.000000188. The summed E-state index contributed by atoms with van der Waals surface area (Å²) >= 11 is 27.5. The molecule has 38 heteroatoms. The van der Waals surface area contributed by atoms with Crippen LogP contribution in [0.3, 0.4) is 0 Å². The van der Waals surface area contributed by atoms with Gasteiger partial charge in [-0.1, -0.05) is 126 Å². The number of hydrogen-bond donors (Lipinski definition) is 6. The number of halogens is 5. The summed E-state index contributed by atoms with van der Waals surface area (Å²) in [6.07, 6.45) is 5.38. The molecule has 5 aliphatic heterocycles. The minimum atomic E-state index is -1.44. The smallest absolute Gasteiger partial charge is 0.457 e. The molecule has 5 fully saturated rings. The van der Waals surface area contributed by atoms with Crippen molar-refractivity contribution in [2.45, 2.75) is 72.0 Å². The minimum absolute atomic E-state index is 0.0693. The Labute approximate surface area is 846 Å². The maximum Gasteiger partial charge on any atom is 0.488 e. The third-order valence-corrected chi connectivity index (χ3v) is 22.1. The maximum atomic E-state index is 12.0. The van der Waals surface area contributed by atoms with E-state index >= 15 is 0 Å². The summed E-state index contributed by atoms with van der Waals surface area (Å²) < 4.78 is 27.9. The van der Waals surface area contributed by atoms with Gasteiger partial charge in [-0.3, -0.25) is 19.2 Å². The first kappa shape index (κ1) is 110. The fourth-order valence-electron chi connectivity index (χ4n) is 13.8. The lowest BCUT2D eigenvalue weighted by molar-refractivity contribution is -0.126. The summed E-state index contributed by atoms with van der Waals surface area (Å²) in [6, 6.07) is 73.1. The lowest BCUT2D eigenvalue weighted by Gasteiger charge is -2.36. The first-order chi connectivity index (χ1) is 67.6. The van der Waals surface area contributed by atoms with Crippen LogP contribution in [0.4, 0.5) is 32.9 Å². The Morgan fingerprint density at radius 1 is 0.390 bits per heavy atom. The number of aromatic nitrogens is 5. The molecule has 5 aliphatic rings. The zero-order chi connectivity index (χ0) is 102. The van der Waals surface area contributed by atoms with Gasteiger partial charge in [0.15, 0.2) is 0 Å². The van der Waals surface area contributed by atoms with E-state index in [1.54, 1.807) is 75.4 Å². The molecule has 8 N–H and O–H groups in total. The van der Waals surface area contributed by atoms with Gasteiger partial charge < -0.3 is 90.1 Å². The summed E-state index contributed by atoms with van der Waals surface area (Å²) in [7, 11) is -1.44. The molecule has 32 nitrogen and oxygen atoms in total. The van der Waals surface area contributed by atoms with Crippen LogP contribution in [-0.2, 0) is 19.1 Å². The van der Waals surface area contributed by atoms with E-state index in [-0.39, 0.29) is 39.2 Å². The molecular formula is C103H111BCl5N19O13. The lowest BCUT2D eigenvalue weighted by Crippen LogP contribution is -2.50. The predicted molar refractivity (Wildman–Crippen MR) is 551 cm³/mol. The van der Waals surface area contributed by atoms with Crippen molar-refractivity contribution in [3.63, 3.8) is 0 Å². The van der Waals surface area contributed by atoms with Crippen LogP contribution in [0.1, 0.15) is 98.2 Å². The van der Waals surface area contributed by atoms with Gasteiger partial charge in [0, 0.05) is 129 Å². The van der Waals surface area contributed by atoms with Crippen LogP contribution in [0.2, 0.25) is 20.6 Å². The minimum Gasteiger partial charge on any atom is -0.457 e. The highest BCUT2D eigenvalue weighted by molar-refractivity contribution is 6.66. The summed E-state index contributed by atoms with van der Waals surface area (Å²) in [6.45, 7) is 31.8. The zero-order valence-corrected chi connectivity index (χ0v) is 82.8. The largest absolute Gasteiger partial charge is 0.488 e. The summed E-state index contributed by atoms with van der Waals surface area (Å²) in [5.41, 5.74) is 15.4. The number of piperidine rings is 1. The monoisotopic (exact) mass is 2010 g/mol. The SMILES string of the molecule is C=CC(=O)Cl.C=CC(=O)N1CCN(c2ccc(C(N)=O)c(-c3ccc(Oc4ccccc4)cc3)n2)CC1.CC(C)(C)OC(=O)N1CCCCC1.CC(C)(C)OC(=O)N1CCN(c2ccc(C#N)c(Cl)n2)CC1.N#Cc1ccc(Cl)nc1Cl.N#Cc1ccc(N2CCNCC2)nc1Cl.NC(=O)c1ccc(N2CCNCC2)nc1-c1ccc(Oc2ccccc2)cc1.OB(O)c1ccc(Oc2ccccc2)cc1. The van der Waals surface area contributed by atoms with Gasteiger partial charge in [-0.25, -0.2) is 34.5 Å². The maximum absolute atomic E-state index is 12.0. The number of nitrogens with two attached hydrogens (primary N) is 2. The molecule has 0 saturated carbocycles. The van der Waals surface area contributed by atoms with E-state index in [1.807, 2.05) is 216 Å². The molecule has 10 heterocycles. The molecule has 0 aliphatic carbocycles. The number of nitrogens with one attached hydrogen (secondary N) is 2. The molecule has 5 amide bonds. The Kier molecular flexibility index (Phi) is 43.8. The van der Waals surface area contributed by atoms with E-state index in [0.717, 1.165) is 130 Å².